The molecule has 0 atom stereocenters. The summed E-state index contributed by atoms with van der Waals surface area (Å²) >= 11 is 1.69. The molecule has 1 aromatic carbocycles. The van der Waals surface area contributed by atoms with Crippen LogP contribution in [0.5, 0.6) is 0 Å². The third-order valence-corrected chi connectivity index (χ3v) is 5.04. The summed E-state index contributed by atoms with van der Waals surface area (Å²) in [5, 5.41) is 6.24. The Morgan fingerprint density at radius 1 is 1.16 bits per heavy atom. The third-order valence-electron chi connectivity index (χ3n) is 4.10. The van der Waals surface area contributed by atoms with E-state index in [9.17, 15) is 4.79 Å². The van der Waals surface area contributed by atoms with Crippen LogP contribution in [0.3, 0.4) is 0 Å². The van der Waals surface area contributed by atoms with Crippen molar-refractivity contribution in [3.63, 3.8) is 0 Å². The zero-order valence-electron chi connectivity index (χ0n) is 15.2. The van der Waals surface area contributed by atoms with Gasteiger partial charge in [0.25, 0.3) is 0 Å². The molecule has 25 heavy (non-hydrogen) atoms. The lowest BCUT2D eigenvalue weighted by molar-refractivity contribution is 0.130. The molecule has 5 nitrogen and oxygen atoms in total. The second-order valence-electron chi connectivity index (χ2n) is 7.45. The Hall–Kier alpha value is -1.92. The highest BCUT2D eigenvalue weighted by Gasteiger charge is 2.24. The molecule has 134 valence electrons. The van der Waals surface area contributed by atoms with E-state index in [0.717, 1.165) is 43.4 Å². The third kappa shape index (κ3) is 5.03. The second-order valence-corrected chi connectivity index (χ2v) is 8.31. The van der Waals surface area contributed by atoms with Crippen LogP contribution in [-0.4, -0.2) is 52.5 Å². The molecule has 1 N–H and O–H groups in total. The van der Waals surface area contributed by atoms with Gasteiger partial charge < -0.3 is 10.2 Å². The van der Waals surface area contributed by atoms with E-state index >= 15 is 0 Å². The SMILES string of the molecule is CC(C)(C)NC(=O)N1CCN(Cc2csc(-c3ccccc3)n2)CC1. The summed E-state index contributed by atoms with van der Waals surface area (Å²) in [6.07, 6.45) is 0. The number of nitrogens with one attached hydrogen (secondary N) is 1. The number of thiazole rings is 1. The van der Waals surface area contributed by atoms with E-state index in [4.69, 9.17) is 4.98 Å². The second kappa shape index (κ2) is 7.54. The van der Waals surface area contributed by atoms with Crippen LogP contribution >= 0.6 is 11.3 Å². The molecule has 6 heteroatoms. The van der Waals surface area contributed by atoms with Crippen LogP contribution in [0.1, 0.15) is 26.5 Å². The monoisotopic (exact) mass is 358 g/mol. The number of nitrogens with zero attached hydrogens (tertiary/aromatic N) is 3. The molecule has 2 heterocycles. The highest BCUT2D eigenvalue weighted by Crippen LogP contribution is 2.24. The lowest BCUT2D eigenvalue weighted by Crippen LogP contribution is -2.54. The van der Waals surface area contributed by atoms with Gasteiger partial charge in [-0.05, 0) is 20.8 Å². The normalized spacial score (nSPS) is 16.0. The van der Waals surface area contributed by atoms with Crippen LogP contribution in [0.4, 0.5) is 4.79 Å². The van der Waals surface area contributed by atoms with Crippen molar-refractivity contribution < 1.29 is 4.79 Å². The Labute approximate surface area is 153 Å². The topological polar surface area (TPSA) is 48.5 Å². The Morgan fingerprint density at radius 2 is 1.84 bits per heavy atom. The molecule has 1 aliphatic heterocycles. The number of benzene rings is 1. The molecule has 0 bridgehead atoms. The Morgan fingerprint density at radius 3 is 2.48 bits per heavy atom. The molecule has 2 aromatic rings. The first-order valence-electron chi connectivity index (χ1n) is 8.70. The first kappa shape index (κ1) is 17.9. The van der Waals surface area contributed by atoms with E-state index in [1.54, 1.807) is 11.3 Å². The van der Waals surface area contributed by atoms with Gasteiger partial charge in [0.2, 0.25) is 0 Å². The maximum atomic E-state index is 12.2. The number of rotatable bonds is 3. The van der Waals surface area contributed by atoms with Gasteiger partial charge in [0, 0.05) is 49.2 Å². The molecule has 0 unspecified atom stereocenters. The molecule has 1 aromatic heterocycles. The molecular formula is C19H26N4OS. The maximum absolute atomic E-state index is 12.2. The van der Waals surface area contributed by atoms with E-state index in [-0.39, 0.29) is 11.6 Å². The van der Waals surface area contributed by atoms with Gasteiger partial charge >= 0.3 is 6.03 Å². The number of carbonyl (C=O) groups excluding carboxylic acids is 1. The smallest absolute Gasteiger partial charge is 0.317 e. The minimum atomic E-state index is -0.192. The lowest BCUT2D eigenvalue weighted by atomic mass is 10.1. The molecule has 1 aliphatic rings. The first-order chi connectivity index (χ1) is 11.9. The van der Waals surface area contributed by atoms with Crippen molar-refractivity contribution in [3.8, 4) is 10.6 Å². The molecule has 0 spiro atoms. The van der Waals surface area contributed by atoms with Gasteiger partial charge in [-0.25, -0.2) is 9.78 Å². The minimum absolute atomic E-state index is 0.0344. The van der Waals surface area contributed by atoms with Crippen LogP contribution in [0.25, 0.3) is 10.6 Å². The van der Waals surface area contributed by atoms with Crippen LogP contribution in [0, 0.1) is 0 Å². The van der Waals surface area contributed by atoms with Crippen LogP contribution in [0.15, 0.2) is 35.7 Å². The molecule has 2 amide bonds. The van der Waals surface area contributed by atoms with Gasteiger partial charge in [0.05, 0.1) is 5.69 Å². The van der Waals surface area contributed by atoms with Gasteiger partial charge in [0.1, 0.15) is 5.01 Å². The summed E-state index contributed by atoms with van der Waals surface area (Å²) in [5.74, 6) is 0. The molecule has 1 fully saturated rings. The zero-order chi connectivity index (χ0) is 17.9. The number of piperazine rings is 1. The lowest BCUT2D eigenvalue weighted by Gasteiger charge is -2.36. The highest BCUT2D eigenvalue weighted by atomic mass is 32.1. The van der Waals surface area contributed by atoms with Crippen LogP contribution < -0.4 is 5.32 Å². The van der Waals surface area contributed by atoms with Crippen LogP contribution in [0.2, 0.25) is 0 Å². The summed E-state index contributed by atoms with van der Waals surface area (Å²) < 4.78 is 0. The van der Waals surface area contributed by atoms with Gasteiger partial charge in [0.15, 0.2) is 0 Å². The average Bonchev–Trinajstić information content (AvgIpc) is 3.03. The predicted octanol–water partition coefficient (Wildman–Crippen LogP) is 3.44. The minimum Gasteiger partial charge on any atom is -0.333 e. The zero-order valence-corrected chi connectivity index (χ0v) is 16.0. The number of hydrogen-bond donors (Lipinski definition) is 1. The van der Waals surface area contributed by atoms with Gasteiger partial charge in [-0.15, -0.1) is 11.3 Å². The Bertz CT molecular complexity index is 700. The largest absolute Gasteiger partial charge is 0.333 e. The summed E-state index contributed by atoms with van der Waals surface area (Å²) in [7, 11) is 0. The fraction of sp³-hybridized carbons (Fsp3) is 0.474. The van der Waals surface area contributed by atoms with E-state index in [1.807, 2.05) is 43.9 Å². The number of amides is 2. The van der Waals surface area contributed by atoms with Crippen LogP contribution in [-0.2, 0) is 6.54 Å². The van der Waals surface area contributed by atoms with Gasteiger partial charge in [-0.1, -0.05) is 30.3 Å². The number of urea groups is 1. The summed E-state index contributed by atoms with van der Waals surface area (Å²) in [6, 6.07) is 10.3. The maximum Gasteiger partial charge on any atom is 0.317 e. The van der Waals surface area contributed by atoms with Crippen molar-refractivity contribution in [2.75, 3.05) is 26.2 Å². The summed E-state index contributed by atoms with van der Waals surface area (Å²) in [5.41, 5.74) is 2.08. The van der Waals surface area contributed by atoms with Crippen molar-refractivity contribution in [1.29, 1.82) is 0 Å². The molecule has 0 radical (unpaired) electrons. The number of hydrogen-bond acceptors (Lipinski definition) is 4. The molecule has 1 saturated heterocycles. The summed E-state index contributed by atoms with van der Waals surface area (Å²) in [4.78, 5) is 21.3. The van der Waals surface area contributed by atoms with Gasteiger partial charge in [-0.2, -0.15) is 0 Å². The van der Waals surface area contributed by atoms with Crippen molar-refractivity contribution in [3.05, 3.63) is 41.4 Å². The standard InChI is InChI=1S/C19H26N4OS/c1-19(2,3)21-18(24)23-11-9-22(10-12-23)13-16-14-25-17(20-16)15-7-5-4-6-8-15/h4-8,14H,9-13H2,1-3H3,(H,21,24). The van der Waals surface area contributed by atoms with Crippen molar-refractivity contribution in [2.24, 2.45) is 0 Å². The van der Waals surface area contributed by atoms with E-state index in [0.29, 0.717) is 0 Å². The highest BCUT2D eigenvalue weighted by molar-refractivity contribution is 7.13. The Kier molecular flexibility index (Phi) is 5.39. The average molecular weight is 359 g/mol. The van der Waals surface area contributed by atoms with E-state index in [1.165, 1.54) is 5.56 Å². The molecule has 3 rings (SSSR count). The number of carbonyl (C=O) groups is 1. The molecule has 0 aliphatic carbocycles. The van der Waals surface area contributed by atoms with Crippen molar-refractivity contribution >= 4 is 17.4 Å². The Balaban J connectivity index is 1.51. The fourth-order valence-corrected chi connectivity index (χ4v) is 3.65. The van der Waals surface area contributed by atoms with Gasteiger partial charge in [-0.3, -0.25) is 4.90 Å². The quantitative estimate of drug-likeness (QED) is 0.914. The fourth-order valence-electron chi connectivity index (χ4n) is 2.83. The van der Waals surface area contributed by atoms with E-state index < -0.39 is 0 Å². The van der Waals surface area contributed by atoms with Crippen molar-refractivity contribution in [2.45, 2.75) is 32.9 Å². The predicted molar refractivity (Wildman–Crippen MR) is 103 cm³/mol. The molecule has 0 saturated carbocycles. The summed E-state index contributed by atoms with van der Waals surface area (Å²) in [6.45, 7) is 10.2. The van der Waals surface area contributed by atoms with Crippen molar-refractivity contribution in [1.82, 2.24) is 20.1 Å². The first-order valence-corrected chi connectivity index (χ1v) is 9.58. The number of aromatic nitrogens is 1. The van der Waals surface area contributed by atoms with E-state index in [2.05, 4.69) is 27.7 Å². The molecular weight excluding hydrogens is 332 g/mol.